The summed E-state index contributed by atoms with van der Waals surface area (Å²) in [5.41, 5.74) is 3.28. The van der Waals surface area contributed by atoms with Crippen molar-refractivity contribution in [2.75, 3.05) is 11.9 Å². The van der Waals surface area contributed by atoms with Crippen LogP contribution < -0.4 is 9.88 Å². The second kappa shape index (κ2) is 17.9. The summed E-state index contributed by atoms with van der Waals surface area (Å²) in [6.45, 7) is 3.31. The van der Waals surface area contributed by atoms with E-state index >= 15 is 0 Å². The highest BCUT2D eigenvalue weighted by Gasteiger charge is 2.16. The van der Waals surface area contributed by atoms with Crippen molar-refractivity contribution in [1.29, 1.82) is 0 Å². The Morgan fingerprint density at radius 2 is 1.17 bits per heavy atom. The van der Waals surface area contributed by atoms with Gasteiger partial charge in [-0.3, -0.25) is 0 Å². The molecule has 41 heavy (non-hydrogen) atoms. The summed E-state index contributed by atoms with van der Waals surface area (Å²) in [4.78, 5) is 0. The Balaban J connectivity index is 1.12. The Bertz CT molecular complexity index is 1340. The molecule has 5 heteroatoms. The zero-order chi connectivity index (χ0) is 28.5. The number of fused-ring (bicyclic) bond motifs is 2. The van der Waals surface area contributed by atoms with E-state index in [-0.39, 0.29) is 0 Å². The fourth-order valence-corrected chi connectivity index (χ4v) is 6.67. The highest BCUT2D eigenvalue weighted by atomic mass is 32.1. The number of unbranched alkanes of at least 4 members (excludes halogenated alkanes) is 15. The molecule has 1 aromatic heterocycles. The molecular weight excluding hydrogens is 520 g/mol. The van der Waals surface area contributed by atoms with Gasteiger partial charge < -0.3 is 5.32 Å². The van der Waals surface area contributed by atoms with E-state index in [0.29, 0.717) is 0 Å². The molecule has 0 atom stereocenters. The molecular formula is C36H51N4S+. The van der Waals surface area contributed by atoms with Crippen molar-refractivity contribution in [3.63, 3.8) is 0 Å². The van der Waals surface area contributed by atoms with Crippen molar-refractivity contribution in [2.24, 2.45) is 17.3 Å². The molecule has 220 valence electrons. The van der Waals surface area contributed by atoms with Gasteiger partial charge >= 0.3 is 5.13 Å². The number of rotatable bonds is 20. The van der Waals surface area contributed by atoms with Gasteiger partial charge in [0.05, 0.1) is 16.9 Å². The molecule has 0 aliphatic rings. The van der Waals surface area contributed by atoms with Gasteiger partial charge in [0.15, 0.2) is 0 Å². The van der Waals surface area contributed by atoms with Crippen LogP contribution in [0.5, 0.6) is 0 Å². The van der Waals surface area contributed by atoms with Crippen LogP contribution in [0.15, 0.2) is 70.9 Å². The lowest BCUT2D eigenvalue weighted by atomic mass is 10.0. The van der Waals surface area contributed by atoms with Crippen LogP contribution in [0.2, 0.25) is 0 Å². The smallest absolute Gasteiger partial charge is 0.385 e. The molecule has 0 saturated heterocycles. The molecule has 1 N–H and O–H groups in total. The summed E-state index contributed by atoms with van der Waals surface area (Å²) in [7, 11) is 2.05. The van der Waals surface area contributed by atoms with Crippen molar-refractivity contribution in [3.8, 4) is 0 Å². The predicted octanol–water partition coefficient (Wildman–Crippen LogP) is 12.0. The molecule has 4 aromatic rings. The van der Waals surface area contributed by atoms with Gasteiger partial charge in [-0.25, -0.2) is 4.57 Å². The zero-order valence-electron chi connectivity index (χ0n) is 25.5. The van der Waals surface area contributed by atoms with E-state index in [1.807, 2.05) is 0 Å². The number of nitrogens with zero attached hydrogens (tertiary/aromatic N) is 3. The van der Waals surface area contributed by atoms with Gasteiger partial charge in [-0.2, -0.15) is 0 Å². The van der Waals surface area contributed by atoms with Gasteiger partial charge in [0.1, 0.15) is 11.2 Å². The van der Waals surface area contributed by atoms with Crippen LogP contribution in [0.4, 0.5) is 16.5 Å². The summed E-state index contributed by atoms with van der Waals surface area (Å²) in [6.07, 6.45) is 22.4. The molecule has 0 aliphatic carbocycles. The van der Waals surface area contributed by atoms with Crippen molar-refractivity contribution < 1.29 is 4.57 Å². The van der Waals surface area contributed by atoms with E-state index in [4.69, 9.17) is 0 Å². The van der Waals surface area contributed by atoms with E-state index < -0.39 is 0 Å². The van der Waals surface area contributed by atoms with E-state index in [2.05, 4.69) is 94.7 Å². The summed E-state index contributed by atoms with van der Waals surface area (Å²) in [5.74, 6) is 0. The van der Waals surface area contributed by atoms with Gasteiger partial charge in [-0.05, 0) is 47.1 Å². The maximum absolute atomic E-state index is 4.67. The van der Waals surface area contributed by atoms with Crippen LogP contribution in [0, 0.1) is 0 Å². The van der Waals surface area contributed by atoms with Crippen LogP contribution in [-0.2, 0) is 7.05 Å². The molecule has 0 saturated carbocycles. The molecule has 0 spiro atoms. The second-order valence-corrected chi connectivity index (χ2v) is 12.5. The van der Waals surface area contributed by atoms with Crippen molar-refractivity contribution in [3.05, 3.63) is 60.7 Å². The first-order chi connectivity index (χ1) is 20.3. The minimum Gasteiger partial charge on any atom is -0.385 e. The Morgan fingerprint density at radius 1 is 0.610 bits per heavy atom. The van der Waals surface area contributed by atoms with Crippen molar-refractivity contribution in [2.45, 2.75) is 110 Å². The predicted molar refractivity (Wildman–Crippen MR) is 179 cm³/mol. The van der Waals surface area contributed by atoms with Crippen LogP contribution >= 0.6 is 11.3 Å². The first kappa shape index (κ1) is 31.2. The molecule has 4 nitrogen and oxygen atoms in total. The third kappa shape index (κ3) is 9.92. The Morgan fingerprint density at radius 3 is 1.80 bits per heavy atom. The first-order valence-electron chi connectivity index (χ1n) is 16.3. The maximum Gasteiger partial charge on any atom is 0.409 e. The van der Waals surface area contributed by atoms with E-state index in [0.717, 1.165) is 22.7 Å². The lowest BCUT2D eigenvalue weighted by Crippen LogP contribution is -2.25. The molecule has 0 aliphatic heterocycles. The number of thiazole rings is 1. The molecule has 0 radical (unpaired) electrons. The number of benzene rings is 3. The van der Waals surface area contributed by atoms with Crippen molar-refractivity contribution in [1.82, 2.24) is 0 Å². The number of para-hydroxylation sites is 1. The van der Waals surface area contributed by atoms with E-state index in [1.54, 1.807) is 11.3 Å². The zero-order valence-corrected chi connectivity index (χ0v) is 26.4. The van der Waals surface area contributed by atoms with Crippen LogP contribution in [-0.4, -0.2) is 6.54 Å². The minimum atomic E-state index is 0.904. The number of hydrogen-bond acceptors (Lipinski definition) is 4. The van der Waals surface area contributed by atoms with Gasteiger partial charge in [0.2, 0.25) is 0 Å². The average molecular weight is 572 g/mol. The number of aryl methyl sites for hydroxylation is 1. The van der Waals surface area contributed by atoms with E-state index in [1.165, 1.54) is 124 Å². The third-order valence-corrected chi connectivity index (χ3v) is 9.31. The fraction of sp³-hybridized carbons (Fsp3) is 0.528. The molecule has 0 bridgehead atoms. The largest absolute Gasteiger partial charge is 0.409 e. The fourth-order valence-electron chi connectivity index (χ4n) is 5.70. The molecule has 3 aromatic carbocycles. The maximum atomic E-state index is 4.67. The quantitative estimate of drug-likeness (QED) is 0.0639. The normalized spacial score (nSPS) is 11.8. The minimum absolute atomic E-state index is 0.904. The van der Waals surface area contributed by atoms with Crippen LogP contribution in [0.25, 0.3) is 21.0 Å². The molecule has 1 heterocycles. The van der Waals surface area contributed by atoms with Gasteiger partial charge in [-0.1, -0.05) is 140 Å². The van der Waals surface area contributed by atoms with E-state index in [9.17, 15) is 0 Å². The third-order valence-electron chi connectivity index (χ3n) is 8.20. The molecule has 0 fully saturated rings. The monoisotopic (exact) mass is 571 g/mol. The first-order valence-corrected chi connectivity index (χ1v) is 17.1. The summed E-state index contributed by atoms with van der Waals surface area (Å²) in [6, 6.07) is 21.2. The SMILES string of the molecule is CCCCCCCCCCCCCCCCCCNc1ccc(N=Nc2sc3ccccc3[n+]2C)c2ccccc12. The highest BCUT2D eigenvalue weighted by molar-refractivity contribution is 7.21. The number of aromatic nitrogens is 1. The lowest BCUT2D eigenvalue weighted by Gasteiger charge is -2.10. The lowest BCUT2D eigenvalue weighted by molar-refractivity contribution is -0.627. The average Bonchev–Trinajstić information content (AvgIpc) is 3.33. The van der Waals surface area contributed by atoms with Gasteiger partial charge in [0, 0.05) is 23.0 Å². The van der Waals surface area contributed by atoms with Crippen LogP contribution in [0.1, 0.15) is 110 Å². The summed E-state index contributed by atoms with van der Waals surface area (Å²) >= 11 is 1.67. The number of hydrogen-bond donors (Lipinski definition) is 1. The Labute approximate surface area is 252 Å². The molecule has 4 rings (SSSR count). The van der Waals surface area contributed by atoms with Crippen molar-refractivity contribution >= 4 is 48.8 Å². The molecule has 0 amide bonds. The van der Waals surface area contributed by atoms with Gasteiger partial charge in [0.25, 0.3) is 0 Å². The topological polar surface area (TPSA) is 40.6 Å². The number of anilines is 1. The van der Waals surface area contributed by atoms with Gasteiger partial charge in [-0.15, -0.1) is 0 Å². The summed E-state index contributed by atoms with van der Waals surface area (Å²) in [5, 5.41) is 16.2. The summed E-state index contributed by atoms with van der Waals surface area (Å²) < 4.78 is 3.34. The highest BCUT2D eigenvalue weighted by Crippen LogP contribution is 2.34. The second-order valence-electron chi connectivity index (χ2n) is 11.5. The standard InChI is InChI=1S/C36H50N4S/c1-3-4-5-6-7-8-9-10-11-12-13-14-15-16-17-22-29-37-32-27-28-33(31-24-19-18-23-30(31)32)38-39-36-40(2)34-25-20-21-26-35(34)41-36/h18-21,23-28H,3-17,22,29H2,1-2H3/p+1. The van der Waals surface area contributed by atoms with Crippen LogP contribution in [0.3, 0.4) is 0 Å². The number of nitrogens with one attached hydrogen (secondary N) is 1. The number of azo groups is 1. The Kier molecular flexibility index (Phi) is 13.6. The Hall–Kier alpha value is -2.79. The molecule has 0 unspecified atom stereocenters.